The highest BCUT2D eigenvalue weighted by molar-refractivity contribution is 5.95. The molecule has 15 heavy (non-hydrogen) atoms. The Kier molecular flexibility index (Phi) is 3.42. The van der Waals surface area contributed by atoms with Gasteiger partial charge >= 0.3 is 0 Å². The Hall–Kier alpha value is -1.42. The summed E-state index contributed by atoms with van der Waals surface area (Å²) in [5.41, 5.74) is 1.59. The molecule has 0 bridgehead atoms. The molecule has 0 heterocycles. The normalized spacial score (nSPS) is 10.2. The van der Waals surface area contributed by atoms with Crippen molar-refractivity contribution in [2.24, 2.45) is 0 Å². The molecule has 0 aliphatic heterocycles. The van der Waals surface area contributed by atoms with Gasteiger partial charge in [-0.15, -0.1) is 0 Å². The number of rotatable bonds is 2. The number of hydroxylamine groups is 2. The van der Waals surface area contributed by atoms with E-state index in [-0.39, 0.29) is 11.7 Å². The van der Waals surface area contributed by atoms with Crippen molar-refractivity contribution in [3.8, 4) is 0 Å². The highest BCUT2D eigenvalue weighted by atomic mass is 19.1. The molecule has 1 aromatic rings. The molecular weight excluding hydrogens is 197 g/mol. The van der Waals surface area contributed by atoms with Crippen LogP contribution in [0.15, 0.2) is 12.1 Å². The number of benzene rings is 1. The van der Waals surface area contributed by atoms with Crippen LogP contribution in [-0.4, -0.2) is 25.1 Å². The van der Waals surface area contributed by atoms with Crippen LogP contribution in [-0.2, 0) is 4.84 Å². The van der Waals surface area contributed by atoms with Gasteiger partial charge in [-0.25, -0.2) is 9.45 Å². The number of nitrogens with zero attached hydrogens (tertiary/aromatic N) is 1. The van der Waals surface area contributed by atoms with Gasteiger partial charge in [-0.3, -0.25) is 9.63 Å². The molecule has 0 fully saturated rings. The topological polar surface area (TPSA) is 29.5 Å². The van der Waals surface area contributed by atoms with Gasteiger partial charge in [0.2, 0.25) is 0 Å². The van der Waals surface area contributed by atoms with Crippen LogP contribution in [0.1, 0.15) is 21.5 Å². The minimum Gasteiger partial charge on any atom is -0.274 e. The zero-order chi connectivity index (χ0) is 11.6. The van der Waals surface area contributed by atoms with E-state index in [1.54, 1.807) is 13.8 Å². The van der Waals surface area contributed by atoms with Gasteiger partial charge in [-0.2, -0.15) is 0 Å². The van der Waals surface area contributed by atoms with Crippen molar-refractivity contribution in [3.63, 3.8) is 0 Å². The van der Waals surface area contributed by atoms with E-state index in [2.05, 4.69) is 0 Å². The SMILES string of the molecule is CON(C)C(=O)c1ccc(F)c(C)c1C. The third kappa shape index (κ3) is 2.15. The summed E-state index contributed by atoms with van der Waals surface area (Å²) in [7, 11) is 2.92. The number of carbonyl (C=O) groups excluding carboxylic acids is 1. The Labute approximate surface area is 88.4 Å². The number of hydrogen-bond donors (Lipinski definition) is 0. The van der Waals surface area contributed by atoms with Crippen molar-refractivity contribution in [2.75, 3.05) is 14.2 Å². The molecule has 4 heteroatoms. The van der Waals surface area contributed by atoms with Crippen molar-refractivity contribution >= 4 is 5.91 Å². The van der Waals surface area contributed by atoms with Crippen molar-refractivity contribution in [1.29, 1.82) is 0 Å². The van der Waals surface area contributed by atoms with Crippen LogP contribution in [0.2, 0.25) is 0 Å². The third-order valence-electron chi connectivity index (χ3n) is 2.51. The second-order valence-corrected chi connectivity index (χ2v) is 3.33. The molecule has 82 valence electrons. The van der Waals surface area contributed by atoms with Gasteiger partial charge < -0.3 is 0 Å². The predicted molar refractivity (Wildman–Crippen MR) is 55.0 cm³/mol. The summed E-state index contributed by atoms with van der Waals surface area (Å²) in [6.45, 7) is 3.36. The van der Waals surface area contributed by atoms with Crippen LogP contribution in [0.4, 0.5) is 4.39 Å². The first kappa shape index (κ1) is 11.7. The van der Waals surface area contributed by atoms with Gasteiger partial charge in [-0.05, 0) is 37.1 Å². The van der Waals surface area contributed by atoms with Crippen LogP contribution in [0, 0.1) is 19.7 Å². The maximum atomic E-state index is 13.1. The summed E-state index contributed by atoms with van der Waals surface area (Å²) in [6.07, 6.45) is 0. The highest BCUT2D eigenvalue weighted by Gasteiger charge is 2.16. The molecule has 0 saturated carbocycles. The average Bonchev–Trinajstić information content (AvgIpc) is 2.24. The van der Waals surface area contributed by atoms with Gasteiger partial charge in [0.05, 0.1) is 7.11 Å². The molecule has 1 rings (SSSR count). The van der Waals surface area contributed by atoms with Crippen molar-refractivity contribution in [2.45, 2.75) is 13.8 Å². The van der Waals surface area contributed by atoms with E-state index in [4.69, 9.17) is 4.84 Å². The average molecular weight is 211 g/mol. The second-order valence-electron chi connectivity index (χ2n) is 3.33. The number of amides is 1. The summed E-state index contributed by atoms with van der Waals surface area (Å²) in [6, 6.07) is 2.76. The van der Waals surface area contributed by atoms with Crippen molar-refractivity contribution < 1.29 is 14.0 Å². The second kappa shape index (κ2) is 4.40. The maximum Gasteiger partial charge on any atom is 0.277 e. The lowest BCUT2D eigenvalue weighted by Gasteiger charge is -2.16. The van der Waals surface area contributed by atoms with E-state index < -0.39 is 0 Å². The van der Waals surface area contributed by atoms with E-state index in [0.29, 0.717) is 16.7 Å². The van der Waals surface area contributed by atoms with Gasteiger partial charge in [-0.1, -0.05) is 0 Å². The molecular formula is C11H14FNO2. The lowest BCUT2D eigenvalue weighted by Crippen LogP contribution is -2.26. The fraction of sp³-hybridized carbons (Fsp3) is 0.364. The van der Waals surface area contributed by atoms with E-state index in [1.165, 1.54) is 26.3 Å². The number of hydrogen-bond acceptors (Lipinski definition) is 2. The molecule has 0 aliphatic rings. The molecule has 0 aliphatic carbocycles. The lowest BCUT2D eigenvalue weighted by atomic mass is 10.0. The molecule has 1 aromatic carbocycles. The third-order valence-corrected chi connectivity index (χ3v) is 2.51. The van der Waals surface area contributed by atoms with Gasteiger partial charge in [0, 0.05) is 12.6 Å². The van der Waals surface area contributed by atoms with E-state index >= 15 is 0 Å². The fourth-order valence-corrected chi connectivity index (χ4v) is 1.27. The summed E-state index contributed by atoms with van der Waals surface area (Å²) in [5.74, 6) is -0.581. The number of carbonyl (C=O) groups is 1. The van der Waals surface area contributed by atoms with E-state index in [1.807, 2.05) is 0 Å². The molecule has 0 aromatic heterocycles. The molecule has 0 spiro atoms. The van der Waals surface area contributed by atoms with Gasteiger partial charge in [0.25, 0.3) is 5.91 Å². The Morgan fingerprint density at radius 3 is 2.47 bits per heavy atom. The monoisotopic (exact) mass is 211 g/mol. The molecule has 0 radical (unpaired) electrons. The van der Waals surface area contributed by atoms with E-state index in [9.17, 15) is 9.18 Å². The molecule has 1 amide bonds. The Bertz CT molecular complexity index is 390. The predicted octanol–water partition coefficient (Wildman–Crippen LogP) is 2.08. The summed E-state index contributed by atoms with van der Waals surface area (Å²) in [5, 5.41) is 1.11. The minimum absolute atomic E-state index is 0.280. The van der Waals surface area contributed by atoms with Gasteiger partial charge in [0.1, 0.15) is 5.82 Å². The summed E-state index contributed by atoms with van der Waals surface area (Å²) < 4.78 is 13.1. The van der Waals surface area contributed by atoms with Crippen molar-refractivity contribution in [3.05, 3.63) is 34.6 Å². The zero-order valence-electron chi connectivity index (χ0n) is 9.30. The Morgan fingerprint density at radius 1 is 1.33 bits per heavy atom. The fourth-order valence-electron chi connectivity index (χ4n) is 1.27. The van der Waals surface area contributed by atoms with Crippen LogP contribution in [0.3, 0.4) is 0 Å². The van der Waals surface area contributed by atoms with Crippen LogP contribution < -0.4 is 0 Å². The Balaban J connectivity index is 3.16. The van der Waals surface area contributed by atoms with Crippen LogP contribution in [0.25, 0.3) is 0 Å². The first-order chi connectivity index (χ1) is 6.99. The first-order valence-electron chi connectivity index (χ1n) is 4.57. The quantitative estimate of drug-likeness (QED) is 0.701. The van der Waals surface area contributed by atoms with E-state index in [0.717, 1.165) is 5.06 Å². The van der Waals surface area contributed by atoms with Crippen LogP contribution >= 0.6 is 0 Å². The molecule has 3 nitrogen and oxygen atoms in total. The standard InChI is InChI=1S/C11H14FNO2/c1-7-8(2)10(12)6-5-9(7)11(14)13(3)15-4/h5-6H,1-4H3. The van der Waals surface area contributed by atoms with Crippen molar-refractivity contribution in [1.82, 2.24) is 5.06 Å². The maximum absolute atomic E-state index is 13.1. The van der Waals surface area contributed by atoms with Crippen LogP contribution in [0.5, 0.6) is 0 Å². The highest BCUT2D eigenvalue weighted by Crippen LogP contribution is 2.17. The van der Waals surface area contributed by atoms with Gasteiger partial charge in [0.15, 0.2) is 0 Å². The summed E-state index contributed by atoms with van der Waals surface area (Å²) >= 11 is 0. The largest absolute Gasteiger partial charge is 0.277 e. The molecule has 0 N–H and O–H groups in total. The lowest BCUT2D eigenvalue weighted by molar-refractivity contribution is -0.0757. The molecule has 0 atom stereocenters. The minimum atomic E-state index is -0.302. The molecule has 0 unspecified atom stereocenters. The Morgan fingerprint density at radius 2 is 1.93 bits per heavy atom. The molecule has 0 saturated heterocycles. The zero-order valence-corrected chi connectivity index (χ0v) is 9.30. The number of halogens is 1. The first-order valence-corrected chi connectivity index (χ1v) is 4.57. The summed E-state index contributed by atoms with van der Waals surface area (Å²) in [4.78, 5) is 16.5. The smallest absolute Gasteiger partial charge is 0.274 e.